The topological polar surface area (TPSA) is 111 Å². The van der Waals surface area contributed by atoms with E-state index in [-0.39, 0.29) is 35.7 Å². The first-order valence-corrected chi connectivity index (χ1v) is 10.2. The van der Waals surface area contributed by atoms with Crippen molar-refractivity contribution < 1.29 is 19.2 Å². The predicted molar refractivity (Wildman–Crippen MR) is 111 cm³/mol. The second-order valence-corrected chi connectivity index (χ2v) is 8.29. The van der Waals surface area contributed by atoms with Crippen molar-refractivity contribution in [3.05, 3.63) is 0 Å². The van der Waals surface area contributed by atoms with E-state index in [0.717, 1.165) is 0 Å². The van der Waals surface area contributed by atoms with E-state index in [1.807, 2.05) is 20.8 Å². The first-order valence-electron chi connectivity index (χ1n) is 10.2. The molecule has 0 saturated carbocycles. The van der Waals surface area contributed by atoms with Crippen LogP contribution in [0.1, 0.15) is 47.5 Å². The zero-order chi connectivity index (χ0) is 22.5. The molecule has 1 unspecified atom stereocenters. The maximum Gasteiger partial charge on any atom is 0.245 e. The normalized spacial score (nSPS) is 22.2. The lowest BCUT2D eigenvalue weighted by atomic mass is 10.0. The number of likely N-dealkylation sites (N-methyl/N-ethyl adjacent to an activating group) is 3. The van der Waals surface area contributed by atoms with Crippen LogP contribution in [0.5, 0.6) is 0 Å². The maximum absolute atomic E-state index is 12.8. The highest BCUT2D eigenvalue weighted by Crippen LogP contribution is 2.22. The molecule has 1 aliphatic heterocycles. The average molecular weight is 412 g/mol. The lowest BCUT2D eigenvalue weighted by Gasteiger charge is -2.32. The monoisotopic (exact) mass is 411 g/mol. The quantitative estimate of drug-likeness (QED) is 0.483. The van der Waals surface area contributed by atoms with Crippen molar-refractivity contribution in [1.82, 2.24) is 25.8 Å². The molecule has 0 aromatic rings. The smallest absolute Gasteiger partial charge is 0.245 e. The lowest BCUT2D eigenvalue weighted by molar-refractivity contribution is -0.143. The number of nitrogens with zero attached hydrogens (tertiary/aromatic N) is 2. The van der Waals surface area contributed by atoms with Gasteiger partial charge in [-0.1, -0.05) is 13.8 Å². The number of carbonyl (C=O) groups is 4. The van der Waals surface area contributed by atoms with Crippen molar-refractivity contribution >= 4 is 23.6 Å². The number of hydrogen-bond donors (Lipinski definition) is 3. The minimum atomic E-state index is -0.817. The highest BCUT2D eigenvalue weighted by atomic mass is 16.2. The number of amides is 4. The molecule has 29 heavy (non-hydrogen) atoms. The van der Waals surface area contributed by atoms with E-state index in [1.54, 1.807) is 32.8 Å². The van der Waals surface area contributed by atoms with Crippen LogP contribution in [-0.4, -0.2) is 84.8 Å². The van der Waals surface area contributed by atoms with Crippen LogP contribution in [0.15, 0.2) is 0 Å². The van der Waals surface area contributed by atoms with E-state index in [9.17, 15) is 19.2 Å². The molecule has 1 aliphatic rings. The molecule has 0 radical (unpaired) electrons. The first kappa shape index (κ1) is 24.9. The van der Waals surface area contributed by atoms with Crippen molar-refractivity contribution in [3.8, 4) is 0 Å². The van der Waals surface area contributed by atoms with Gasteiger partial charge < -0.3 is 25.8 Å². The fourth-order valence-corrected chi connectivity index (χ4v) is 3.80. The van der Waals surface area contributed by atoms with Crippen LogP contribution in [0.25, 0.3) is 0 Å². The van der Waals surface area contributed by atoms with Gasteiger partial charge in [0.15, 0.2) is 0 Å². The molecule has 3 N–H and O–H groups in total. The molecular formula is C20H37N5O4. The Balaban J connectivity index is 2.81. The van der Waals surface area contributed by atoms with Gasteiger partial charge in [0.1, 0.15) is 18.1 Å². The van der Waals surface area contributed by atoms with E-state index < -0.39 is 24.0 Å². The summed E-state index contributed by atoms with van der Waals surface area (Å²) < 4.78 is 0. The number of likely N-dealkylation sites (tertiary alicyclic amines) is 1. The Morgan fingerprint density at radius 1 is 1.14 bits per heavy atom. The third-order valence-corrected chi connectivity index (χ3v) is 5.54. The molecule has 0 bridgehead atoms. The van der Waals surface area contributed by atoms with Gasteiger partial charge in [-0.2, -0.15) is 0 Å². The molecule has 1 fully saturated rings. The average Bonchev–Trinajstić information content (AvgIpc) is 2.96. The molecule has 0 spiro atoms. The highest BCUT2D eigenvalue weighted by Gasteiger charge is 2.41. The summed E-state index contributed by atoms with van der Waals surface area (Å²) in [5.41, 5.74) is 0. The van der Waals surface area contributed by atoms with E-state index >= 15 is 0 Å². The van der Waals surface area contributed by atoms with Crippen molar-refractivity contribution in [2.24, 2.45) is 5.92 Å². The van der Waals surface area contributed by atoms with Gasteiger partial charge in [-0.05, 0) is 46.6 Å². The van der Waals surface area contributed by atoms with Crippen LogP contribution < -0.4 is 16.0 Å². The first-order chi connectivity index (χ1) is 13.5. The molecule has 9 heteroatoms. The molecule has 0 aliphatic carbocycles. The molecule has 0 aromatic heterocycles. The fraction of sp³-hybridized carbons (Fsp3) is 0.800. The van der Waals surface area contributed by atoms with Crippen LogP contribution in [0.2, 0.25) is 0 Å². The standard InChI is InChI=1S/C20H37N5O4/c1-11(2)9-16(18(27)22-7)24(8)19(28)13(4)23-17(26)14(5)25-12(3)10-15(21-6)20(25)29/h11-16,21H,9-10H2,1-8H3,(H,22,27)(H,23,26)/t12?,13-,14+,15-,16+/m0/s1. The van der Waals surface area contributed by atoms with Crippen LogP contribution in [0.3, 0.4) is 0 Å². The van der Waals surface area contributed by atoms with Gasteiger partial charge in [0.05, 0.1) is 6.04 Å². The van der Waals surface area contributed by atoms with Gasteiger partial charge in [0, 0.05) is 20.1 Å². The summed E-state index contributed by atoms with van der Waals surface area (Å²) in [5.74, 6) is -0.878. The summed E-state index contributed by atoms with van der Waals surface area (Å²) >= 11 is 0. The second-order valence-electron chi connectivity index (χ2n) is 8.29. The minimum Gasteiger partial charge on any atom is -0.357 e. The summed E-state index contributed by atoms with van der Waals surface area (Å²) in [7, 11) is 4.83. The van der Waals surface area contributed by atoms with Crippen molar-refractivity contribution in [2.75, 3.05) is 21.1 Å². The largest absolute Gasteiger partial charge is 0.357 e. The number of hydrogen-bond acceptors (Lipinski definition) is 5. The predicted octanol–water partition coefficient (Wildman–Crippen LogP) is -0.292. The van der Waals surface area contributed by atoms with Crippen LogP contribution in [0, 0.1) is 5.92 Å². The molecule has 166 valence electrons. The Kier molecular flexibility index (Phi) is 9.07. The van der Waals surface area contributed by atoms with Gasteiger partial charge in [-0.25, -0.2) is 0 Å². The van der Waals surface area contributed by atoms with Gasteiger partial charge >= 0.3 is 0 Å². The van der Waals surface area contributed by atoms with Gasteiger partial charge in [0.25, 0.3) is 0 Å². The minimum absolute atomic E-state index is 0.0712. The Morgan fingerprint density at radius 3 is 2.17 bits per heavy atom. The van der Waals surface area contributed by atoms with Crippen molar-refractivity contribution in [2.45, 2.75) is 77.7 Å². The summed E-state index contributed by atoms with van der Waals surface area (Å²) in [5, 5.41) is 8.25. The highest BCUT2D eigenvalue weighted by molar-refractivity contribution is 5.95. The molecule has 5 atom stereocenters. The fourth-order valence-electron chi connectivity index (χ4n) is 3.80. The summed E-state index contributed by atoms with van der Waals surface area (Å²) in [6.45, 7) is 9.11. The van der Waals surface area contributed by atoms with Gasteiger partial charge in [-0.3, -0.25) is 19.2 Å². The molecule has 9 nitrogen and oxygen atoms in total. The molecule has 1 rings (SSSR count). The number of carbonyl (C=O) groups excluding carboxylic acids is 4. The Morgan fingerprint density at radius 2 is 1.72 bits per heavy atom. The van der Waals surface area contributed by atoms with Crippen molar-refractivity contribution in [3.63, 3.8) is 0 Å². The van der Waals surface area contributed by atoms with Crippen molar-refractivity contribution in [1.29, 1.82) is 0 Å². The summed E-state index contributed by atoms with van der Waals surface area (Å²) in [6, 6.07) is -2.49. The zero-order valence-electron chi connectivity index (χ0n) is 18.9. The zero-order valence-corrected chi connectivity index (χ0v) is 18.9. The molecule has 4 amide bonds. The van der Waals surface area contributed by atoms with Crippen LogP contribution in [0.4, 0.5) is 0 Å². The van der Waals surface area contributed by atoms with Crippen LogP contribution >= 0.6 is 0 Å². The number of rotatable bonds is 9. The Bertz CT molecular complexity index is 624. The lowest BCUT2D eigenvalue weighted by Crippen LogP contribution is -2.56. The third kappa shape index (κ3) is 5.91. The maximum atomic E-state index is 12.8. The SMILES string of the molecule is CNC(=O)[C@@H](CC(C)C)N(C)C(=O)[C@H](C)NC(=O)[C@@H](C)N1C(=O)[C@@H](NC)CC1C. The summed E-state index contributed by atoms with van der Waals surface area (Å²) in [4.78, 5) is 53.2. The molecular weight excluding hydrogens is 374 g/mol. The van der Waals surface area contributed by atoms with Gasteiger partial charge in [-0.15, -0.1) is 0 Å². The number of nitrogens with one attached hydrogen (secondary N) is 3. The Labute approximate surface area is 173 Å². The summed E-state index contributed by atoms with van der Waals surface area (Å²) in [6.07, 6.45) is 1.15. The Hall–Kier alpha value is -2.16. The van der Waals surface area contributed by atoms with E-state index in [1.165, 1.54) is 11.9 Å². The van der Waals surface area contributed by atoms with E-state index in [2.05, 4.69) is 16.0 Å². The van der Waals surface area contributed by atoms with E-state index in [4.69, 9.17) is 0 Å². The van der Waals surface area contributed by atoms with Gasteiger partial charge in [0.2, 0.25) is 23.6 Å². The second kappa shape index (κ2) is 10.6. The molecule has 1 heterocycles. The van der Waals surface area contributed by atoms with E-state index in [0.29, 0.717) is 12.8 Å². The van der Waals surface area contributed by atoms with Crippen LogP contribution in [-0.2, 0) is 19.2 Å². The third-order valence-electron chi connectivity index (χ3n) is 5.54. The molecule has 1 saturated heterocycles. The molecule has 0 aromatic carbocycles.